The molecule has 2 rings (SSSR count). The van der Waals surface area contributed by atoms with Gasteiger partial charge < -0.3 is 14.0 Å². The van der Waals surface area contributed by atoms with E-state index in [9.17, 15) is 9.59 Å². The van der Waals surface area contributed by atoms with E-state index < -0.39 is 0 Å². The summed E-state index contributed by atoms with van der Waals surface area (Å²) in [6.07, 6.45) is 0.224. The fourth-order valence-corrected chi connectivity index (χ4v) is 3.13. The van der Waals surface area contributed by atoms with Gasteiger partial charge in [0, 0.05) is 19.5 Å². The molecule has 1 amide bonds. The van der Waals surface area contributed by atoms with Crippen molar-refractivity contribution in [3.05, 3.63) is 23.0 Å². The van der Waals surface area contributed by atoms with Crippen LogP contribution >= 0.6 is 11.3 Å². The molecular weight excluding hydrogens is 304 g/mol. The molecule has 118 valence electrons. The lowest BCUT2D eigenvalue weighted by molar-refractivity contribution is -0.143. The number of hydrogen-bond acceptors (Lipinski definition) is 5. The first-order valence-electron chi connectivity index (χ1n) is 6.93. The molecule has 0 unspecified atom stereocenters. The molecule has 7 heteroatoms. The second-order valence-corrected chi connectivity index (χ2v) is 5.56. The summed E-state index contributed by atoms with van der Waals surface area (Å²) in [6.45, 7) is 3.93. The van der Waals surface area contributed by atoms with Crippen LogP contribution in [0.3, 0.4) is 0 Å². The van der Waals surface area contributed by atoms with Gasteiger partial charge in [0.1, 0.15) is 5.75 Å². The van der Waals surface area contributed by atoms with Crippen molar-refractivity contribution in [2.75, 3.05) is 13.7 Å². The van der Waals surface area contributed by atoms with Gasteiger partial charge in [0.05, 0.1) is 30.4 Å². The molecule has 2 aromatic rings. The summed E-state index contributed by atoms with van der Waals surface area (Å²) in [4.78, 5) is 27.5. The van der Waals surface area contributed by atoms with Gasteiger partial charge in [0.2, 0.25) is 5.91 Å². The summed E-state index contributed by atoms with van der Waals surface area (Å²) in [5.41, 5.74) is 0.883. The largest absolute Gasteiger partial charge is 0.497 e. The number of carbonyl (C=O) groups excluding carboxylic acids is 2. The summed E-state index contributed by atoms with van der Waals surface area (Å²) in [5, 5.41) is 0. The van der Waals surface area contributed by atoms with Gasteiger partial charge in [0.15, 0.2) is 4.80 Å². The van der Waals surface area contributed by atoms with Crippen molar-refractivity contribution in [3.8, 4) is 5.75 Å². The smallest absolute Gasteiger partial charge is 0.307 e. The number of ether oxygens (including phenoxy) is 2. The predicted molar refractivity (Wildman–Crippen MR) is 83.9 cm³/mol. The lowest BCUT2D eigenvalue weighted by atomic mass is 10.3. The van der Waals surface area contributed by atoms with E-state index in [1.165, 1.54) is 18.3 Å². The normalized spacial score (nSPS) is 11.7. The Morgan fingerprint density at radius 2 is 2.14 bits per heavy atom. The van der Waals surface area contributed by atoms with Crippen LogP contribution in [0.1, 0.15) is 20.3 Å². The Morgan fingerprint density at radius 3 is 2.77 bits per heavy atom. The van der Waals surface area contributed by atoms with E-state index in [4.69, 9.17) is 9.47 Å². The molecular formula is C15H18N2O4S. The number of rotatable bonds is 5. The second-order valence-electron chi connectivity index (χ2n) is 4.56. The summed E-state index contributed by atoms with van der Waals surface area (Å²) < 4.78 is 13.0. The number of fused-ring (bicyclic) bond motifs is 1. The van der Waals surface area contributed by atoms with Crippen LogP contribution in [0.25, 0.3) is 10.2 Å². The quantitative estimate of drug-likeness (QED) is 0.791. The Morgan fingerprint density at radius 1 is 1.36 bits per heavy atom. The van der Waals surface area contributed by atoms with Crippen molar-refractivity contribution in [2.24, 2.45) is 4.99 Å². The molecule has 0 N–H and O–H groups in total. The molecule has 0 radical (unpaired) electrons. The van der Waals surface area contributed by atoms with Crippen molar-refractivity contribution >= 4 is 33.4 Å². The Bertz CT molecular complexity index is 760. The summed E-state index contributed by atoms with van der Waals surface area (Å²) in [7, 11) is 1.59. The fourth-order valence-electron chi connectivity index (χ4n) is 2.05. The molecule has 0 fully saturated rings. The number of esters is 1. The van der Waals surface area contributed by atoms with E-state index in [1.54, 1.807) is 14.0 Å². The zero-order chi connectivity index (χ0) is 16.1. The maximum atomic E-state index is 11.6. The minimum absolute atomic E-state index is 0.224. The average molecular weight is 322 g/mol. The zero-order valence-corrected chi connectivity index (χ0v) is 13.6. The highest BCUT2D eigenvalue weighted by molar-refractivity contribution is 7.16. The number of aryl methyl sites for hydroxylation is 1. The van der Waals surface area contributed by atoms with Crippen molar-refractivity contribution in [2.45, 2.75) is 26.8 Å². The summed E-state index contributed by atoms with van der Waals surface area (Å²) in [5.74, 6) is 0.166. The van der Waals surface area contributed by atoms with E-state index in [2.05, 4.69) is 4.99 Å². The third-order valence-electron chi connectivity index (χ3n) is 2.99. The third kappa shape index (κ3) is 3.73. The number of carbonyl (C=O) groups is 2. The number of methoxy groups -OCH3 is 1. The zero-order valence-electron chi connectivity index (χ0n) is 12.8. The number of nitrogens with zero attached hydrogens (tertiary/aromatic N) is 2. The van der Waals surface area contributed by atoms with Crippen LogP contribution in [0.4, 0.5) is 0 Å². The van der Waals surface area contributed by atoms with Crippen molar-refractivity contribution < 1.29 is 19.1 Å². The van der Waals surface area contributed by atoms with Gasteiger partial charge in [-0.05, 0) is 19.1 Å². The number of thiazole rings is 1. The Labute approximate surface area is 132 Å². The van der Waals surface area contributed by atoms with Gasteiger partial charge in [0.25, 0.3) is 0 Å². The van der Waals surface area contributed by atoms with Crippen molar-refractivity contribution in [3.63, 3.8) is 0 Å². The third-order valence-corrected chi connectivity index (χ3v) is 4.05. The molecule has 0 saturated heterocycles. The maximum absolute atomic E-state index is 11.6. The number of amides is 1. The lowest BCUT2D eigenvalue weighted by Crippen LogP contribution is -2.19. The minimum atomic E-state index is -0.275. The standard InChI is InChI=1S/C15H18N2O4S/c1-4-21-14(19)7-8-17-12-9-11(20-3)5-6-13(12)22-15(17)16-10(2)18/h5-6,9H,4,7-8H2,1-3H3. The molecule has 0 aliphatic rings. The molecule has 0 atom stereocenters. The lowest BCUT2D eigenvalue weighted by Gasteiger charge is -2.06. The van der Waals surface area contributed by atoms with Gasteiger partial charge in [-0.1, -0.05) is 11.3 Å². The van der Waals surface area contributed by atoms with Gasteiger partial charge in [-0.2, -0.15) is 4.99 Å². The van der Waals surface area contributed by atoms with E-state index in [0.717, 1.165) is 10.2 Å². The first-order valence-corrected chi connectivity index (χ1v) is 7.75. The Balaban J connectivity index is 2.46. The van der Waals surface area contributed by atoms with Crippen LogP contribution in [0, 0.1) is 0 Å². The number of benzene rings is 1. The van der Waals surface area contributed by atoms with Gasteiger partial charge in [-0.3, -0.25) is 9.59 Å². The van der Waals surface area contributed by atoms with E-state index in [0.29, 0.717) is 23.7 Å². The Kier molecular flexibility index (Phi) is 5.32. The molecule has 0 aliphatic heterocycles. The van der Waals surface area contributed by atoms with Crippen LogP contribution in [0.2, 0.25) is 0 Å². The SMILES string of the molecule is CCOC(=O)CCn1c(=NC(C)=O)sc2ccc(OC)cc21. The highest BCUT2D eigenvalue weighted by atomic mass is 32.1. The summed E-state index contributed by atoms with van der Waals surface area (Å²) >= 11 is 1.40. The van der Waals surface area contributed by atoms with Crippen molar-refractivity contribution in [1.29, 1.82) is 0 Å². The van der Waals surface area contributed by atoms with Gasteiger partial charge in [-0.25, -0.2) is 0 Å². The highest BCUT2D eigenvalue weighted by Crippen LogP contribution is 2.23. The van der Waals surface area contributed by atoms with Crippen LogP contribution in [-0.2, 0) is 20.9 Å². The number of aromatic nitrogens is 1. The molecule has 1 aromatic carbocycles. The van der Waals surface area contributed by atoms with Crippen molar-refractivity contribution in [1.82, 2.24) is 4.57 Å². The monoisotopic (exact) mass is 322 g/mol. The van der Waals surface area contributed by atoms with Crippen LogP contribution in [0.15, 0.2) is 23.2 Å². The first-order chi connectivity index (χ1) is 10.5. The highest BCUT2D eigenvalue weighted by Gasteiger charge is 2.10. The Hall–Kier alpha value is -2.15. The molecule has 0 saturated carbocycles. The number of hydrogen-bond donors (Lipinski definition) is 0. The molecule has 6 nitrogen and oxygen atoms in total. The van der Waals surface area contributed by atoms with Gasteiger partial charge in [-0.15, -0.1) is 0 Å². The van der Waals surface area contributed by atoms with Crippen LogP contribution < -0.4 is 9.54 Å². The molecule has 22 heavy (non-hydrogen) atoms. The molecule has 0 bridgehead atoms. The molecule has 1 aromatic heterocycles. The maximum Gasteiger partial charge on any atom is 0.307 e. The fraction of sp³-hybridized carbons (Fsp3) is 0.400. The van der Waals surface area contributed by atoms with Gasteiger partial charge >= 0.3 is 5.97 Å². The predicted octanol–water partition coefficient (Wildman–Crippen LogP) is 2.11. The van der Waals surface area contributed by atoms with Crippen LogP contribution in [0.5, 0.6) is 5.75 Å². The van der Waals surface area contributed by atoms with E-state index in [-0.39, 0.29) is 18.3 Å². The molecule has 0 aliphatic carbocycles. The molecule has 1 heterocycles. The van der Waals surface area contributed by atoms with Crippen LogP contribution in [-0.4, -0.2) is 30.2 Å². The minimum Gasteiger partial charge on any atom is -0.497 e. The molecule has 0 spiro atoms. The topological polar surface area (TPSA) is 69.9 Å². The second kappa shape index (κ2) is 7.22. The van der Waals surface area contributed by atoms with E-state index in [1.807, 2.05) is 22.8 Å². The first kappa shape index (κ1) is 16.2. The average Bonchev–Trinajstić information content (AvgIpc) is 2.80. The summed E-state index contributed by atoms with van der Waals surface area (Å²) in [6, 6.07) is 5.64. The van der Waals surface area contributed by atoms with E-state index >= 15 is 0 Å².